The zero-order valence-electron chi connectivity index (χ0n) is 13.5. The van der Waals surface area contributed by atoms with Crippen molar-refractivity contribution in [2.45, 2.75) is 52.0 Å². The molecule has 2 saturated heterocycles. The third-order valence-electron chi connectivity index (χ3n) is 4.61. The first-order valence-electron chi connectivity index (χ1n) is 8.29. The lowest BCUT2D eigenvalue weighted by Gasteiger charge is -2.21. The maximum atomic E-state index is 12.1. The van der Waals surface area contributed by atoms with Crippen molar-refractivity contribution in [3.8, 4) is 0 Å². The van der Waals surface area contributed by atoms with Crippen molar-refractivity contribution >= 4 is 17.7 Å². The van der Waals surface area contributed by atoms with Gasteiger partial charge in [0.1, 0.15) is 11.9 Å². The summed E-state index contributed by atoms with van der Waals surface area (Å²) in [5.74, 6) is 1.67. The lowest BCUT2D eigenvalue weighted by atomic mass is 10.1. The minimum atomic E-state index is -0.193. The normalized spacial score (nSPS) is 22.4. The molecule has 6 nitrogen and oxygen atoms in total. The smallest absolute Gasteiger partial charge is 0.242 e. The van der Waals surface area contributed by atoms with Gasteiger partial charge in [-0.3, -0.25) is 4.79 Å². The SMILES string of the molecule is Cc1nc(N2CCCC2)nc(N[C@H]2CCCCNC2=O)c1C. The quantitative estimate of drug-likeness (QED) is 0.890. The van der Waals surface area contributed by atoms with Crippen LogP contribution >= 0.6 is 0 Å². The number of nitrogens with one attached hydrogen (secondary N) is 2. The molecule has 2 aliphatic rings. The second-order valence-corrected chi connectivity index (χ2v) is 6.26. The fraction of sp³-hybridized carbons (Fsp3) is 0.688. The fourth-order valence-corrected chi connectivity index (χ4v) is 3.06. The summed E-state index contributed by atoms with van der Waals surface area (Å²) < 4.78 is 0. The highest BCUT2D eigenvalue weighted by Gasteiger charge is 2.23. The van der Waals surface area contributed by atoms with Crippen molar-refractivity contribution in [1.29, 1.82) is 0 Å². The van der Waals surface area contributed by atoms with E-state index in [0.717, 1.165) is 61.9 Å². The monoisotopic (exact) mass is 303 g/mol. The molecular formula is C16H25N5O. The Labute approximate surface area is 131 Å². The number of nitrogens with zero attached hydrogens (tertiary/aromatic N) is 3. The first-order chi connectivity index (χ1) is 10.6. The number of anilines is 2. The van der Waals surface area contributed by atoms with Crippen LogP contribution in [0.3, 0.4) is 0 Å². The molecule has 0 radical (unpaired) electrons. The minimum Gasteiger partial charge on any atom is -0.358 e. The maximum Gasteiger partial charge on any atom is 0.242 e. The zero-order valence-corrected chi connectivity index (χ0v) is 13.5. The molecule has 120 valence electrons. The van der Waals surface area contributed by atoms with E-state index < -0.39 is 0 Å². The molecule has 2 aliphatic heterocycles. The number of amides is 1. The molecule has 0 unspecified atom stereocenters. The Kier molecular flexibility index (Phi) is 4.45. The van der Waals surface area contributed by atoms with Gasteiger partial charge < -0.3 is 15.5 Å². The molecule has 1 atom stereocenters. The van der Waals surface area contributed by atoms with Gasteiger partial charge in [-0.1, -0.05) is 0 Å². The van der Waals surface area contributed by atoms with Gasteiger partial charge in [0.05, 0.1) is 0 Å². The van der Waals surface area contributed by atoms with E-state index in [1.807, 2.05) is 13.8 Å². The van der Waals surface area contributed by atoms with Crippen LogP contribution in [0.5, 0.6) is 0 Å². The minimum absolute atomic E-state index is 0.0795. The van der Waals surface area contributed by atoms with Gasteiger partial charge in [0.2, 0.25) is 11.9 Å². The van der Waals surface area contributed by atoms with Crippen LogP contribution in [0, 0.1) is 13.8 Å². The van der Waals surface area contributed by atoms with Crippen molar-refractivity contribution < 1.29 is 4.79 Å². The number of hydrogen-bond acceptors (Lipinski definition) is 5. The van der Waals surface area contributed by atoms with Crippen molar-refractivity contribution in [3.05, 3.63) is 11.3 Å². The Hall–Kier alpha value is -1.85. The number of aromatic nitrogens is 2. The zero-order chi connectivity index (χ0) is 15.5. The topological polar surface area (TPSA) is 70.2 Å². The van der Waals surface area contributed by atoms with Crippen molar-refractivity contribution in [2.75, 3.05) is 29.9 Å². The molecule has 1 amide bonds. The molecular weight excluding hydrogens is 278 g/mol. The summed E-state index contributed by atoms with van der Waals surface area (Å²) in [6, 6.07) is -0.193. The molecule has 0 saturated carbocycles. The van der Waals surface area contributed by atoms with E-state index in [9.17, 15) is 4.79 Å². The van der Waals surface area contributed by atoms with Crippen LogP contribution in [0.25, 0.3) is 0 Å². The summed E-state index contributed by atoms with van der Waals surface area (Å²) in [6.07, 6.45) is 5.35. The number of rotatable bonds is 3. The molecule has 0 bridgehead atoms. The van der Waals surface area contributed by atoms with Gasteiger partial charge in [0.25, 0.3) is 0 Å². The first kappa shape index (κ1) is 15.1. The number of hydrogen-bond donors (Lipinski definition) is 2. The predicted molar refractivity (Wildman–Crippen MR) is 87.2 cm³/mol. The van der Waals surface area contributed by atoms with E-state index in [1.165, 1.54) is 12.8 Å². The Morgan fingerprint density at radius 1 is 1.14 bits per heavy atom. The van der Waals surface area contributed by atoms with Crippen LogP contribution in [-0.2, 0) is 4.79 Å². The second kappa shape index (κ2) is 6.50. The van der Waals surface area contributed by atoms with Gasteiger partial charge >= 0.3 is 0 Å². The van der Waals surface area contributed by atoms with Gasteiger partial charge in [-0.15, -0.1) is 0 Å². The number of aryl methyl sites for hydroxylation is 1. The summed E-state index contributed by atoms with van der Waals surface area (Å²) in [6.45, 7) is 6.84. The summed E-state index contributed by atoms with van der Waals surface area (Å²) in [5.41, 5.74) is 2.01. The Balaban J connectivity index is 1.83. The Morgan fingerprint density at radius 3 is 2.68 bits per heavy atom. The highest BCUT2D eigenvalue weighted by molar-refractivity contribution is 5.84. The van der Waals surface area contributed by atoms with Gasteiger partial charge in [-0.25, -0.2) is 4.98 Å². The van der Waals surface area contributed by atoms with Crippen LogP contribution in [0.2, 0.25) is 0 Å². The van der Waals surface area contributed by atoms with Gasteiger partial charge in [0.15, 0.2) is 0 Å². The lowest BCUT2D eigenvalue weighted by molar-refractivity contribution is -0.121. The number of carbonyl (C=O) groups excluding carboxylic acids is 1. The van der Waals surface area contributed by atoms with E-state index in [1.54, 1.807) is 0 Å². The molecule has 1 aromatic heterocycles. The molecule has 2 fully saturated rings. The van der Waals surface area contributed by atoms with Crippen LogP contribution < -0.4 is 15.5 Å². The van der Waals surface area contributed by atoms with Crippen molar-refractivity contribution in [3.63, 3.8) is 0 Å². The molecule has 0 aromatic carbocycles. The predicted octanol–water partition coefficient (Wildman–Crippen LogP) is 1.77. The van der Waals surface area contributed by atoms with Crippen molar-refractivity contribution in [2.24, 2.45) is 0 Å². The third-order valence-corrected chi connectivity index (χ3v) is 4.61. The van der Waals surface area contributed by atoms with E-state index >= 15 is 0 Å². The first-order valence-corrected chi connectivity index (χ1v) is 8.29. The molecule has 1 aromatic rings. The molecule has 2 N–H and O–H groups in total. The molecule has 0 spiro atoms. The van der Waals surface area contributed by atoms with Crippen LogP contribution in [0.4, 0.5) is 11.8 Å². The maximum absolute atomic E-state index is 12.1. The van der Waals surface area contributed by atoms with Crippen molar-refractivity contribution in [1.82, 2.24) is 15.3 Å². The van der Waals surface area contributed by atoms with Gasteiger partial charge in [-0.05, 0) is 46.0 Å². The average Bonchev–Trinajstić information content (AvgIpc) is 2.96. The van der Waals surface area contributed by atoms with Gasteiger partial charge in [0, 0.05) is 30.9 Å². The molecule has 22 heavy (non-hydrogen) atoms. The Bertz CT molecular complexity index is 554. The van der Waals surface area contributed by atoms with Crippen LogP contribution in [0.15, 0.2) is 0 Å². The standard InChI is InChI=1S/C16H25N5O/c1-11-12(2)18-16(21-9-5-6-10-21)20-14(11)19-13-7-3-4-8-17-15(13)22/h13H,3-10H2,1-2H3,(H,17,22)(H,18,19,20)/t13-/m0/s1. The summed E-state index contributed by atoms with van der Waals surface area (Å²) in [4.78, 5) is 23.7. The summed E-state index contributed by atoms with van der Waals surface area (Å²) in [7, 11) is 0. The molecule has 3 heterocycles. The second-order valence-electron chi connectivity index (χ2n) is 6.26. The van der Waals surface area contributed by atoms with E-state index in [-0.39, 0.29) is 11.9 Å². The lowest BCUT2D eigenvalue weighted by Crippen LogP contribution is -2.38. The molecule has 6 heteroatoms. The largest absolute Gasteiger partial charge is 0.358 e. The summed E-state index contributed by atoms with van der Waals surface area (Å²) >= 11 is 0. The third kappa shape index (κ3) is 3.15. The fourth-order valence-electron chi connectivity index (χ4n) is 3.06. The Morgan fingerprint density at radius 2 is 1.91 bits per heavy atom. The van der Waals surface area contributed by atoms with E-state index in [2.05, 4.69) is 20.5 Å². The average molecular weight is 303 g/mol. The van der Waals surface area contributed by atoms with Crippen LogP contribution in [-0.4, -0.2) is 41.6 Å². The van der Waals surface area contributed by atoms with Crippen LogP contribution in [0.1, 0.15) is 43.4 Å². The number of carbonyl (C=O) groups is 1. The summed E-state index contributed by atoms with van der Waals surface area (Å²) in [5, 5.41) is 6.32. The van der Waals surface area contributed by atoms with E-state index in [0.29, 0.717) is 0 Å². The van der Waals surface area contributed by atoms with Gasteiger partial charge in [-0.2, -0.15) is 4.98 Å². The highest BCUT2D eigenvalue weighted by atomic mass is 16.2. The molecule has 3 rings (SSSR count). The molecule has 0 aliphatic carbocycles. The highest BCUT2D eigenvalue weighted by Crippen LogP contribution is 2.23. The van der Waals surface area contributed by atoms with E-state index in [4.69, 9.17) is 4.98 Å².